The van der Waals surface area contributed by atoms with Gasteiger partial charge in [-0.05, 0) is 46.4 Å². The van der Waals surface area contributed by atoms with Crippen molar-refractivity contribution in [1.29, 1.82) is 10.7 Å². The van der Waals surface area contributed by atoms with Gasteiger partial charge in [-0.2, -0.15) is 5.26 Å². The summed E-state index contributed by atoms with van der Waals surface area (Å²) in [5.74, 6) is -0.950. The number of carbonyl (C=O) groups is 1. The minimum absolute atomic E-state index is 0.0120. The zero-order valence-corrected chi connectivity index (χ0v) is 19.0. The number of amides is 1. The maximum absolute atomic E-state index is 13.2. The summed E-state index contributed by atoms with van der Waals surface area (Å²) in [6.07, 6.45) is 1.70. The maximum Gasteiger partial charge on any atom is 0.242 e. The predicted octanol–water partition coefficient (Wildman–Crippen LogP) is 3.43. The van der Waals surface area contributed by atoms with Crippen LogP contribution in [0, 0.1) is 16.7 Å². The van der Waals surface area contributed by atoms with Gasteiger partial charge in [-0.25, -0.2) is 8.42 Å². The number of likely N-dealkylation sites (N-methyl/N-ethyl adjacent to an activating group) is 1. The molecule has 0 radical (unpaired) electrons. The highest BCUT2D eigenvalue weighted by Crippen LogP contribution is 2.44. The number of benzene rings is 2. The third-order valence-electron chi connectivity index (χ3n) is 5.45. The van der Waals surface area contributed by atoms with Gasteiger partial charge < -0.3 is 5.32 Å². The molecule has 7 nitrogen and oxygen atoms in total. The summed E-state index contributed by atoms with van der Waals surface area (Å²) >= 11 is 1.49. The average Bonchev–Trinajstić information content (AvgIpc) is 3.27. The molecule has 2 aliphatic heterocycles. The lowest BCUT2D eigenvalue weighted by Crippen LogP contribution is -2.51. The molecule has 9 heteroatoms. The standard InChI is InChI=1S/C23H20N4O3S2/c1-27-22(28)20(15-6-8-18(9-7-15)32(2,29)30)21(26-23(27)25)19-11-17(13-31-19)16-5-3-4-14(10-16)12-24/h3-10,13,20H,11H2,1-2H3,(H2,25,26)/b21-19+/t20-/m1/s1. The van der Waals surface area contributed by atoms with E-state index in [9.17, 15) is 18.5 Å². The molecule has 162 valence electrons. The number of guanidine groups is 1. The predicted molar refractivity (Wildman–Crippen MR) is 124 cm³/mol. The average molecular weight is 465 g/mol. The number of rotatable bonds is 3. The smallest absolute Gasteiger partial charge is 0.242 e. The second kappa shape index (κ2) is 8.30. The van der Waals surface area contributed by atoms with Gasteiger partial charge in [-0.3, -0.25) is 15.1 Å². The Labute approximate surface area is 190 Å². The Morgan fingerprint density at radius 1 is 1.22 bits per heavy atom. The van der Waals surface area contributed by atoms with Gasteiger partial charge >= 0.3 is 0 Å². The number of carbonyl (C=O) groups excluding carboxylic acids is 1. The number of thioether (sulfide) groups is 1. The largest absolute Gasteiger partial charge is 0.328 e. The summed E-state index contributed by atoms with van der Waals surface area (Å²) < 4.78 is 23.6. The summed E-state index contributed by atoms with van der Waals surface area (Å²) in [5, 5.41) is 22.4. The summed E-state index contributed by atoms with van der Waals surface area (Å²) in [7, 11) is -1.81. The lowest BCUT2D eigenvalue weighted by atomic mass is 9.91. The van der Waals surface area contributed by atoms with Crippen LogP contribution in [0.1, 0.15) is 29.0 Å². The molecular weight excluding hydrogens is 444 g/mol. The summed E-state index contributed by atoms with van der Waals surface area (Å²) in [5.41, 5.74) is 3.82. The van der Waals surface area contributed by atoms with E-state index in [1.54, 1.807) is 18.2 Å². The second-order valence-electron chi connectivity index (χ2n) is 7.61. The molecule has 2 aromatic carbocycles. The van der Waals surface area contributed by atoms with Crippen LogP contribution in [-0.4, -0.2) is 38.5 Å². The summed E-state index contributed by atoms with van der Waals surface area (Å²) in [6, 6.07) is 15.8. The molecule has 0 unspecified atom stereocenters. The molecule has 2 aromatic rings. The van der Waals surface area contributed by atoms with E-state index in [2.05, 4.69) is 11.4 Å². The first-order valence-electron chi connectivity index (χ1n) is 9.71. The normalized spacial score (nSPS) is 21.2. The second-order valence-corrected chi connectivity index (χ2v) is 10.6. The molecule has 0 aromatic heterocycles. The lowest BCUT2D eigenvalue weighted by Gasteiger charge is -2.34. The van der Waals surface area contributed by atoms with Crippen molar-refractivity contribution in [3.05, 3.63) is 81.2 Å². The van der Waals surface area contributed by atoms with Crippen LogP contribution in [-0.2, 0) is 14.6 Å². The van der Waals surface area contributed by atoms with E-state index >= 15 is 0 Å². The van der Waals surface area contributed by atoms with Crippen molar-refractivity contribution in [3.8, 4) is 6.07 Å². The van der Waals surface area contributed by atoms with E-state index in [4.69, 9.17) is 5.41 Å². The van der Waals surface area contributed by atoms with Crippen molar-refractivity contribution in [1.82, 2.24) is 10.2 Å². The Balaban J connectivity index is 1.72. The number of nitrogens with one attached hydrogen (secondary N) is 2. The lowest BCUT2D eigenvalue weighted by molar-refractivity contribution is -0.128. The molecule has 1 fully saturated rings. The van der Waals surface area contributed by atoms with Crippen LogP contribution in [0.2, 0.25) is 0 Å². The van der Waals surface area contributed by atoms with Crippen molar-refractivity contribution in [2.75, 3.05) is 13.3 Å². The highest BCUT2D eigenvalue weighted by molar-refractivity contribution is 8.06. The van der Waals surface area contributed by atoms with Crippen LogP contribution in [0.3, 0.4) is 0 Å². The third kappa shape index (κ3) is 4.07. The molecule has 1 saturated heterocycles. The van der Waals surface area contributed by atoms with Gasteiger partial charge in [-0.15, -0.1) is 0 Å². The molecule has 1 atom stereocenters. The minimum Gasteiger partial charge on any atom is -0.328 e. The van der Waals surface area contributed by atoms with Gasteiger partial charge in [0.05, 0.1) is 16.5 Å². The Bertz CT molecular complexity index is 1340. The quantitative estimate of drug-likeness (QED) is 0.719. The zero-order valence-electron chi connectivity index (χ0n) is 17.4. The van der Waals surface area contributed by atoms with Gasteiger partial charge in [0.25, 0.3) is 0 Å². The van der Waals surface area contributed by atoms with E-state index < -0.39 is 15.8 Å². The van der Waals surface area contributed by atoms with Crippen LogP contribution in [0.5, 0.6) is 0 Å². The molecule has 0 spiro atoms. The molecule has 0 aliphatic carbocycles. The van der Waals surface area contributed by atoms with Crippen LogP contribution in [0.25, 0.3) is 5.57 Å². The van der Waals surface area contributed by atoms with Crippen molar-refractivity contribution in [2.45, 2.75) is 17.2 Å². The highest BCUT2D eigenvalue weighted by atomic mass is 32.2. The van der Waals surface area contributed by atoms with Crippen molar-refractivity contribution in [2.24, 2.45) is 0 Å². The van der Waals surface area contributed by atoms with E-state index in [1.807, 2.05) is 23.6 Å². The molecule has 0 saturated carbocycles. The Morgan fingerprint density at radius 3 is 2.59 bits per heavy atom. The monoisotopic (exact) mass is 464 g/mol. The molecular formula is C23H20N4O3S2. The van der Waals surface area contributed by atoms with Crippen LogP contribution >= 0.6 is 11.8 Å². The highest BCUT2D eigenvalue weighted by Gasteiger charge is 2.37. The van der Waals surface area contributed by atoms with Gasteiger partial charge in [0, 0.05) is 30.3 Å². The number of hydrogen-bond acceptors (Lipinski definition) is 6. The topological polar surface area (TPSA) is 114 Å². The van der Waals surface area contributed by atoms with Gasteiger partial charge in [0.2, 0.25) is 11.9 Å². The Hall–Kier alpha value is -3.35. The SMILES string of the molecule is CN1C(=N)N/C(=C2\CC(c3cccc(C#N)c3)=CS2)[C@@H](c2ccc(S(C)(=O)=O)cc2)C1=O. The molecule has 1 amide bonds. The Kier molecular flexibility index (Phi) is 5.67. The summed E-state index contributed by atoms with van der Waals surface area (Å²) in [6.45, 7) is 0. The van der Waals surface area contributed by atoms with Crippen molar-refractivity contribution in [3.63, 3.8) is 0 Å². The van der Waals surface area contributed by atoms with E-state index in [-0.39, 0.29) is 16.8 Å². The van der Waals surface area contributed by atoms with Crippen LogP contribution in [0.4, 0.5) is 0 Å². The third-order valence-corrected chi connectivity index (χ3v) is 7.63. The van der Waals surface area contributed by atoms with E-state index in [0.717, 1.165) is 22.3 Å². The minimum atomic E-state index is -3.35. The number of sulfone groups is 1. The van der Waals surface area contributed by atoms with Crippen molar-refractivity contribution >= 4 is 39.0 Å². The van der Waals surface area contributed by atoms with E-state index in [1.165, 1.54) is 35.8 Å². The van der Waals surface area contributed by atoms with Gasteiger partial charge in [0.1, 0.15) is 5.92 Å². The number of allylic oxidation sites excluding steroid dienone is 2. The summed E-state index contributed by atoms with van der Waals surface area (Å²) in [4.78, 5) is 15.5. The van der Waals surface area contributed by atoms with Gasteiger partial charge in [-0.1, -0.05) is 36.0 Å². The number of nitrogens with zero attached hydrogens (tertiary/aromatic N) is 2. The van der Waals surface area contributed by atoms with E-state index in [0.29, 0.717) is 23.2 Å². The number of hydrogen-bond donors (Lipinski definition) is 2. The first-order valence-corrected chi connectivity index (χ1v) is 12.5. The fourth-order valence-corrected chi connectivity index (χ4v) is 5.34. The molecule has 2 aliphatic rings. The molecule has 2 heterocycles. The van der Waals surface area contributed by atoms with Crippen LogP contribution < -0.4 is 5.32 Å². The molecule has 0 bridgehead atoms. The zero-order chi connectivity index (χ0) is 23.0. The Morgan fingerprint density at radius 2 is 1.94 bits per heavy atom. The fourth-order valence-electron chi connectivity index (χ4n) is 3.67. The van der Waals surface area contributed by atoms with Gasteiger partial charge in [0.15, 0.2) is 9.84 Å². The first kappa shape index (κ1) is 21.9. The molecule has 4 rings (SSSR count). The maximum atomic E-state index is 13.2. The number of nitriles is 1. The van der Waals surface area contributed by atoms with Crippen LogP contribution in [0.15, 0.2) is 69.4 Å². The first-order chi connectivity index (χ1) is 15.2. The molecule has 2 N–H and O–H groups in total. The molecule has 32 heavy (non-hydrogen) atoms. The van der Waals surface area contributed by atoms with Crippen molar-refractivity contribution < 1.29 is 13.2 Å². The fraction of sp³-hybridized carbons (Fsp3) is 0.174.